The van der Waals surface area contributed by atoms with Gasteiger partial charge in [0.2, 0.25) is 5.75 Å². The zero-order valence-electron chi connectivity index (χ0n) is 21.7. The second kappa shape index (κ2) is 11.5. The number of para-hydroxylation sites is 1. The maximum atomic E-state index is 13.0. The third-order valence-electron chi connectivity index (χ3n) is 5.75. The van der Waals surface area contributed by atoms with Crippen LogP contribution in [0.5, 0.6) is 28.7 Å². The van der Waals surface area contributed by atoms with Crippen LogP contribution in [0.25, 0.3) is 10.9 Å². The van der Waals surface area contributed by atoms with Crippen molar-refractivity contribution in [2.24, 2.45) is 5.10 Å². The van der Waals surface area contributed by atoms with E-state index in [1.54, 1.807) is 36.4 Å². The first-order chi connectivity index (χ1) is 18.4. The summed E-state index contributed by atoms with van der Waals surface area (Å²) < 4.78 is 28.2. The maximum Gasteiger partial charge on any atom is 0.343 e. The van der Waals surface area contributed by atoms with Gasteiger partial charge in [-0.15, -0.1) is 0 Å². The van der Waals surface area contributed by atoms with Crippen molar-refractivity contribution in [2.45, 2.75) is 13.3 Å². The lowest BCUT2D eigenvalue weighted by atomic mass is 10.1. The molecule has 0 spiro atoms. The molecule has 0 N–H and O–H groups in total. The molecule has 0 aliphatic carbocycles. The van der Waals surface area contributed by atoms with Gasteiger partial charge in [-0.3, -0.25) is 4.79 Å². The molecule has 3 aromatic carbocycles. The Balaban J connectivity index is 1.62. The van der Waals surface area contributed by atoms with Crippen molar-refractivity contribution in [1.82, 2.24) is 9.66 Å². The summed E-state index contributed by atoms with van der Waals surface area (Å²) in [7, 11) is 5.85. The standard InChI is InChI=1S/C28H27N3O7/c1-6-25-30-20-10-8-7-9-19(20)27(32)31(25)29-16-17-11-12-21(22(13-17)34-2)38-28(33)18-14-23(35-3)26(37-5)24(15-18)36-4/h7-16H,6H2,1-5H3. The number of aryl methyl sites for hydroxylation is 1. The fourth-order valence-electron chi connectivity index (χ4n) is 3.85. The van der Waals surface area contributed by atoms with Crippen molar-refractivity contribution in [2.75, 3.05) is 28.4 Å². The molecule has 0 unspecified atom stereocenters. The Morgan fingerprint density at radius 1 is 0.895 bits per heavy atom. The third-order valence-corrected chi connectivity index (χ3v) is 5.75. The lowest BCUT2D eigenvalue weighted by molar-refractivity contribution is 0.0728. The molecule has 0 saturated carbocycles. The number of rotatable bonds is 9. The summed E-state index contributed by atoms with van der Waals surface area (Å²) in [5, 5.41) is 4.86. The second-order valence-corrected chi connectivity index (χ2v) is 7.97. The van der Waals surface area contributed by atoms with E-state index in [2.05, 4.69) is 10.1 Å². The minimum atomic E-state index is -0.648. The highest BCUT2D eigenvalue weighted by molar-refractivity contribution is 5.93. The molecule has 4 rings (SSSR count). The van der Waals surface area contributed by atoms with Crippen LogP contribution >= 0.6 is 0 Å². The van der Waals surface area contributed by atoms with Gasteiger partial charge in [0.1, 0.15) is 5.82 Å². The summed E-state index contributed by atoms with van der Waals surface area (Å²) >= 11 is 0. The predicted molar refractivity (Wildman–Crippen MR) is 142 cm³/mol. The summed E-state index contributed by atoms with van der Waals surface area (Å²) in [5.41, 5.74) is 1.19. The Kier molecular flexibility index (Phi) is 7.91. The number of carbonyl (C=O) groups excluding carboxylic acids is 1. The predicted octanol–water partition coefficient (Wildman–Crippen LogP) is 4.09. The van der Waals surface area contributed by atoms with E-state index in [0.717, 1.165) is 0 Å². The number of hydrogen-bond donors (Lipinski definition) is 0. The monoisotopic (exact) mass is 517 g/mol. The Bertz CT molecular complexity index is 1550. The SMILES string of the molecule is CCc1nc2ccccc2c(=O)n1N=Cc1ccc(OC(=O)c2cc(OC)c(OC)c(OC)c2)c(OC)c1. The molecule has 0 radical (unpaired) electrons. The van der Waals surface area contributed by atoms with Crippen molar-refractivity contribution in [3.8, 4) is 28.7 Å². The number of methoxy groups -OCH3 is 4. The molecule has 196 valence electrons. The number of esters is 1. The fourth-order valence-corrected chi connectivity index (χ4v) is 3.85. The van der Waals surface area contributed by atoms with Gasteiger partial charge in [0, 0.05) is 6.42 Å². The Hall–Kier alpha value is -4.86. The molecule has 0 fully saturated rings. The van der Waals surface area contributed by atoms with Crippen molar-refractivity contribution in [1.29, 1.82) is 0 Å². The first kappa shape index (κ1) is 26.2. The minimum absolute atomic E-state index is 0.196. The molecule has 4 aromatic rings. The van der Waals surface area contributed by atoms with E-state index in [1.807, 2.05) is 13.0 Å². The zero-order valence-corrected chi connectivity index (χ0v) is 21.7. The van der Waals surface area contributed by atoms with Crippen LogP contribution in [-0.4, -0.2) is 50.3 Å². The van der Waals surface area contributed by atoms with Gasteiger partial charge in [-0.25, -0.2) is 9.78 Å². The number of ether oxygens (including phenoxy) is 5. The van der Waals surface area contributed by atoms with Gasteiger partial charge in [-0.2, -0.15) is 9.78 Å². The Labute approximate surface area is 219 Å². The highest BCUT2D eigenvalue weighted by Crippen LogP contribution is 2.38. The van der Waals surface area contributed by atoms with Crippen LogP contribution < -0.4 is 29.2 Å². The minimum Gasteiger partial charge on any atom is -0.493 e. The summed E-state index contributed by atoms with van der Waals surface area (Å²) in [5.74, 6) is 1.39. The number of nitrogens with zero attached hydrogens (tertiary/aromatic N) is 3. The molecule has 0 aliphatic rings. The molecule has 0 bridgehead atoms. The van der Waals surface area contributed by atoms with Gasteiger partial charge in [0.05, 0.1) is 51.1 Å². The van der Waals surface area contributed by atoms with Crippen LogP contribution in [0, 0.1) is 0 Å². The lowest BCUT2D eigenvalue weighted by Crippen LogP contribution is -2.22. The van der Waals surface area contributed by atoms with Crippen molar-refractivity contribution < 1.29 is 28.5 Å². The van der Waals surface area contributed by atoms with E-state index >= 15 is 0 Å². The number of benzene rings is 3. The molecule has 38 heavy (non-hydrogen) atoms. The molecule has 0 saturated heterocycles. The van der Waals surface area contributed by atoms with Crippen LogP contribution in [0.15, 0.2) is 64.5 Å². The first-order valence-corrected chi connectivity index (χ1v) is 11.7. The molecule has 0 atom stereocenters. The van der Waals surface area contributed by atoms with E-state index in [1.165, 1.54) is 51.5 Å². The fraction of sp³-hybridized carbons (Fsp3) is 0.214. The maximum absolute atomic E-state index is 13.0. The van der Waals surface area contributed by atoms with Crippen molar-refractivity contribution >= 4 is 23.1 Å². The highest BCUT2D eigenvalue weighted by atomic mass is 16.6. The normalized spacial score (nSPS) is 11.0. The van der Waals surface area contributed by atoms with E-state index in [4.69, 9.17) is 23.7 Å². The molecule has 0 aliphatic heterocycles. The number of carbonyl (C=O) groups is 1. The van der Waals surface area contributed by atoms with E-state index in [0.29, 0.717) is 51.7 Å². The van der Waals surface area contributed by atoms with Gasteiger partial charge in [-0.05, 0) is 48.0 Å². The molecule has 10 nitrogen and oxygen atoms in total. The Morgan fingerprint density at radius 2 is 1.58 bits per heavy atom. The number of aromatic nitrogens is 2. The van der Waals surface area contributed by atoms with Crippen molar-refractivity contribution in [3.05, 3.63) is 81.9 Å². The van der Waals surface area contributed by atoms with E-state index < -0.39 is 5.97 Å². The molecule has 10 heteroatoms. The summed E-state index contributed by atoms with van der Waals surface area (Å²) in [6.07, 6.45) is 2.04. The van der Waals surface area contributed by atoms with Gasteiger partial charge in [0.15, 0.2) is 23.0 Å². The van der Waals surface area contributed by atoms with Crippen LogP contribution in [-0.2, 0) is 6.42 Å². The molecular formula is C28H27N3O7. The average Bonchev–Trinajstić information content (AvgIpc) is 2.96. The van der Waals surface area contributed by atoms with Gasteiger partial charge in [0.25, 0.3) is 5.56 Å². The first-order valence-electron chi connectivity index (χ1n) is 11.7. The summed E-state index contributed by atoms with van der Waals surface area (Å²) in [6, 6.07) is 15.1. The number of hydrogen-bond acceptors (Lipinski definition) is 9. The van der Waals surface area contributed by atoms with Gasteiger partial charge in [-0.1, -0.05) is 19.1 Å². The molecule has 1 heterocycles. The summed E-state index contributed by atoms with van der Waals surface area (Å²) in [4.78, 5) is 30.5. The zero-order chi connectivity index (χ0) is 27.2. The molecular weight excluding hydrogens is 490 g/mol. The van der Waals surface area contributed by atoms with Crippen LogP contribution in [0.1, 0.15) is 28.7 Å². The second-order valence-electron chi connectivity index (χ2n) is 7.97. The van der Waals surface area contributed by atoms with Crippen molar-refractivity contribution in [3.63, 3.8) is 0 Å². The van der Waals surface area contributed by atoms with E-state index in [9.17, 15) is 9.59 Å². The number of fused-ring (bicyclic) bond motifs is 1. The largest absolute Gasteiger partial charge is 0.493 e. The highest BCUT2D eigenvalue weighted by Gasteiger charge is 2.20. The molecule has 1 aromatic heterocycles. The van der Waals surface area contributed by atoms with Gasteiger partial charge >= 0.3 is 5.97 Å². The quantitative estimate of drug-likeness (QED) is 0.185. The third kappa shape index (κ3) is 5.15. The van der Waals surface area contributed by atoms with Crippen LogP contribution in [0.3, 0.4) is 0 Å². The smallest absolute Gasteiger partial charge is 0.343 e. The van der Waals surface area contributed by atoms with Crippen LogP contribution in [0.2, 0.25) is 0 Å². The van der Waals surface area contributed by atoms with E-state index in [-0.39, 0.29) is 16.9 Å². The van der Waals surface area contributed by atoms with Gasteiger partial charge < -0.3 is 23.7 Å². The Morgan fingerprint density at radius 3 is 2.21 bits per heavy atom. The molecule has 0 amide bonds. The average molecular weight is 518 g/mol. The summed E-state index contributed by atoms with van der Waals surface area (Å²) in [6.45, 7) is 1.91. The van der Waals surface area contributed by atoms with Crippen LogP contribution in [0.4, 0.5) is 0 Å². The topological polar surface area (TPSA) is 110 Å². The lowest BCUT2D eigenvalue weighted by Gasteiger charge is -2.14.